The van der Waals surface area contributed by atoms with Gasteiger partial charge < -0.3 is 4.74 Å². The molecular weight excluding hydrogens is 266 g/mol. The Kier molecular flexibility index (Phi) is 4.73. The van der Waals surface area contributed by atoms with Crippen LogP contribution >= 0.6 is 0 Å². The van der Waals surface area contributed by atoms with Gasteiger partial charge in [-0.05, 0) is 36.1 Å². The third kappa shape index (κ3) is 3.48. The van der Waals surface area contributed by atoms with E-state index in [1.54, 1.807) is 4.68 Å². The number of hydrogen-bond donors (Lipinski definition) is 0. The molecule has 0 unspecified atom stereocenters. The molecule has 0 spiro atoms. The summed E-state index contributed by atoms with van der Waals surface area (Å²) < 4.78 is 7.37. The molecule has 5 heteroatoms. The van der Waals surface area contributed by atoms with Gasteiger partial charge in [-0.2, -0.15) is 0 Å². The standard InChI is InChI=1S/C16H21N3O2/c1-11(2)10-21-14-7-5-13(6-8-14)19-16(12(3)4)15(9-20)17-18-19/h5-9,11-12H,10H2,1-4H3. The van der Waals surface area contributed by atoms with Crippen molar-refractivity contribution in [1.82, 2.24) is 15.0 Å². The normalized spacial score (nSPS) is 11.1. The number of ether oxygens (including phenoxy) is 1. The molecular formula is C16H21N3O2. The fraction of sp³-hybridized carbons (Fsp3) is 0.438. The van der Waals surface area contributed by atoms with Crippen LogP contribution in [-0.2, 0) is 0 Å². The zero-order chi connectivity index (χ0) is 15.4. The number of rotatable bonds is 6. The number of carbonyl (C=O) groups is 1. The van der Waals surface area contributed by atoms with E-state index in [2.05, 4.69) is 24.2 Å². The third-order valence-corrected chi connectivity index (χ3v) is 3.06. The van der Waals surface area contributed by atoms with Crippen molar-refractivity contribution in [3.8, 4) is 11.4 Å². The van der Waals surface area contributed by atoms with E-state index in [0.29, 0.717) is 18.2 Å². The third-order valence-electron chi connectivity index (χ3n) is 3.06. The molecule has 0 N–H and O–H groups in total. The summed E-state index contributed by atoms with van der Waals surface area (Å²) in [7, 11) is 0. The van der Waals surface area contributed by atoms with E-state index in [0.717, 1.165) is 23.4 Å². The molecule has 112 valence electrons. The van der Waals surface area contributed by atoms with Crippen LogP contribution in [0.2, 0.25) is 0 Å². The lowest BCUT2D eigenvalue weighted by Gasteiger charge is -2.11. The van der Waals surface area contributed by atoms with E-state index < -0.39 is 0 Å². The maximum absolute atomic E-state index is 11.0. The van der Waals surface area contributed by atoms with Gasteiger partial charge in [0.1, 0.15) is 11.4 Å². The SMILES string of the molecule is CC(C)COc1ccc(-n2nnc(C=O)c2C(C)C)cc1. The fourth-order valence-electron chi connectivity index (χ4n) is 2.06. The predicted molar refractivity (Wildman–Crippen MR) is 81.2 cm³/mol. The predicted octanol–water partition coefficient (Wildman–Crippen LogP) is 3.24. The maximum Gasteiger partial charge on any atom is 0.172 e. The summed E-state index contributed by atoms with van der Waals surface area (Å²) in [6.07, 6.45) is 0.749. The van der Waals surface area contributed by atoms with Gasteiger partial charge in [0, 0.05) is 0 Å². The molecule has 0 radical (unpaired) electrons. The van der Waals surface area contributed by atoms with Gasteiger partial charge in [0.2, 0.25) is 0 Å². The molecule has 0 atom stereocenters. The highest BCUT2D eigenvalue weighted by molar-refractivity contribution is 5.73. The van der Waals surface area contributed by atoms with Gasteiger partial charge in [0.25, 0.3) is 0 Å². The number of aldehydes is 1. The first kappa shape index (κ1) is 15.2. The Morgan fingerprint density at radius 1 is 1.19 bits per heavy atom. The monoisotopic (exact) mass is 287 g/mol. The lowest BCUT2D eigenvalue weighted by molar-refractivity contribution is 0.111. The van der Waals surface area contributed by atoms with Gasteiger partial charge in [-0.3, -0.25) is 4.79 Å². The molecule has 1 heterocycles. The number of benzene rings is 1. The Bertz CT molecular complexity index is 600. The molecule has 2 rings (SSSR count). The Hall–Kier alpha value is -2.17. The van der Waals surface area contributed by atoms with Crippen LogP contribution in [-0.4, -0.2) is 27.9 Å². The van der Waals surface area contributed by atoms with Gasteiger partial charge >= 0.3 is 0 Å². The van der Waals surface area contributed by atoms with E-state index in [1.807, 2.05) is 38.1 Å². The second-order valence-electron chi connectivity index (χ2n) is 5.74. The van der Waals surface area contributed by atoms with Crippen LogP contribution in [0, 0.1) is 5.92 Å². The quantitative estimate of drug-likeness (QED) is 0.765. The highest BCUT2D eigenvalue weighted by Crippen LogP contribution is 2.22. The fourth-order valence-corrected chi connectivity index (χ4v) is 2.06. The molecule has 5 nitrogen and oxygen atoms in total. The summed E-state index contributed by atoms with van der Waals surface area (Å²) in [6.45, 7) is 8.94. The first-order chi connectivity index (χ1) is 10.0. The molecule has 0 bridgehead atoms. The van der Waals surface area contributed by atoms with Crippen LogP contribution in [0.5, 0.6) is 5.75 Å². The van der Waals surface area contributed by atoms with Gasteiger partial charge in [0.15, 0.2) is 6.29 Å². The molecule has 0 aliphatic carbocycles. The summed E-state index contributed by atoms with van der Waals surface area (Å²) in [4.78, 5) is 11.0. The molecule has 0 saturated carbocycles. The summed E-state index contributed by atoms with van der Waals surface area (Å²) >= 11 is 0. The zero-order valence-corrected chi connectivity index (χ0v) is 12.9. The Morgan fingerprint density at radius 2 is 1.86 bits per heavy atom. The minimum atomic E-state index is 0.164. The summed E-state index contributed by atoms with van der Waals surface area (Å²) in [5.41, 5.74) is 2.09. The molecule has 1 aromatic carbocycles. The van der Waals surface area contributed by atoms with E-state index >= 15 is 0 Å². The van der Waals surface area contributed by atoms with Crippen molar-refractivity contribution in [3.05, 3.63) is 35.7 Å². The molecule has 0 aliphatic heterocycles. The number of carbonyl (C=O) groups excluding carboxylic acids is 1. The highest BCUT2D eigenvalue weighted by Gasteiger charge is 2.16. The maximum atomic E-state index is 11.0. The lowest BCUT2D eigenvalue weighted by Crippen LogP contribution is -2.06. The van der Waals surface area contributed by atoms with E-state index in [4.69, 9.17) is 4.74 Å². The van der Waals surface area contributed by atoms with Crippen molar-refractivity contribution in [1.29, 1.82) is 0 Å². The Morgan fingerprint density at radius 3 is 2.38 bits per heavy atom. The van der Waals surface area contributed by atoms with Crippen molar-refractivity contribution in [3.63, 3.8) is 0 Å². The highest BCUT2D eigenvalue weighted by atomic mass is 16.5. The van der Waals surface area contributed by atoms with E-state index in [9.17, 15) is 4.79 Å². The van der Waals surface area contributed by atoms with Crippen LogP contribution < -0.4 is 4.74 Å². The topological polar surface area (TPSA) is 57.0 Å². The number of nitrogens with zero attached hydrogens (tertiary/aromatic N) is 3. The first-order valence-electron chi connectivity index (χ1n) is 7.17. The van der Waals surface area contributed by atoms with Crippen molar-refractivity contribution in [2.75, 3.05) is 6.61 Å². The van der Waals surface area contributed by atoms with E-state index in [1.165, 1.54) is 0 Å². The second-order valence-corrected chi connectivity index (χ2v) is 5.74. The Balaban J connectivity index is 2.26. The zero-order valence-electron chi connectivity index (χ0n) is 12.9. The summed E-state index contributed by atoms with van der Waals surface area (Å²) in [5.74, 6) is 1.48. The van der Waals surface area contributed by atoms with Crippen LogP contribution in [0.3, 0.4) is 0 Å². The molecule has 0 aliphatic rings. The largest absolute Gasteiger partial charge is 0.493 e. The van der Waals surface area contributed by atoms with Crippen LogP contribution in [0.4, 0.5) is 0 Å². The van der Waals surface area contributed by atoms with Gasteiger partial charge in [-0.25, -0.2) is 4.68 Å². The van der Waals surface area contributed by atoms with Gasteiger partial charge in [-0.15, -0.1) is 5.10 Å². The molecule has 21 heavy (non-hydrogen) atoms. The average molecular weight is 287 g/mol. The van der Waals surface area contributed by atoms with Crippen LogP contribution in [0.25, 0.3) is 5.69 Å². The summed E-state index contributed by atoms with van der Waals surface area (Å²) in [5, 5.41) is 8.00. The minimum absolute atomic E-state index is 0.164. The van der Waals surface area contributed by atoms with Gasteiger partial charge in [0.05, 0.1) is 18.0 Å². The number of aromatic nitrogens is 3. The smallest absolute Gasteiger partial charge is 0.172 e. The van der Waals surface area contributed by atoms with Crippen LogP contribution in [0.15, 0.2) is 24.3 Å². The second kappa shape index (κ2) is 6.52. The number of hydrogen-bond acceptors (Lipinski definition) is 4. The minimum Gasteiger partial charge on any atom is -0.493 e. The molecule has 2 aromatic rings. The van der Waals surface area contributed by atoms with Crippen LogP contribution in [0.1, 0.15) is 49.8 Å². The van der Waals surface area contributed by atoms with Crippen molar-refractivity contribution in [2.45, 2.75) is 33.6 Å². The van der Waals surface area contributed by atoms with Crippen molar-refractivity contribution in [2.24, 2.45) is 5.92 Å². The van der Waals surface area contributed by atoms with E-state index in [-0.39, 0.29) is 5.92 Å². The molecule has 0 saturated heterocycles. The summed E-state index contributed by atoms with van der Waals surface area (Å²) in [6, 6.07) is 7.66. The van der Waals surface area contributed by atoms with Crippen molar-refractivity contribution >= 4 is 6.29 Å². The molecule has 0 fully saturated rings. The lowest BCUT2D eigenvalue weighted by atomic mass is 10.1. The van der Waals surface area contributed by atoms with Gasteiger partial charge in [-0.1, -0.05) is 32.9 Å². The first-order valence-corrected chi connectivity index (χ1v) is 7.17. The average Bonchev–Trinajstić information content (AvgIpc) is 2.89. The molecule has 1 aromatic heterocycles. The Labute approximate surface area is 124 Å². The molecule has 0 amide bonds. The van der Waals surface area contributed by atoms with Crippen molar-refractivity contribution < 1.29 is 9.53 Å².